The monoisotopic (exact) mass is 266 g/mol. The Bertz CT molecular complexity index is 300. The van der Waals surface area contributed by atoms with E-state index in [1.807, 2.05) is 0 Å². The first-order chi connectivity index (χ1) is 8.42. The van der Waals surface area contributed by atoms with Gasteiger partial charge in [-0.1, -0.05) is 0 Å². The molecular weight excluding hydrogens is 248 g/mol. The summed E-state index contributed by atoms with van der Waals surface area (Å²) in [6.07, 6.45) is -8.21. The van der Waals surface area contributed by atoms with E-state index in [0.717, 1.165) is 0 Å². The molecule has 2 fully saturated rings. The van der Waals surface area contributed by atoms with E-state index in [2.05, 4.69) is 0 Å². The Morgan fingerprint density at radius 3 is 2.28 bits per heavy atom. The van der Waals surface area contributed by atoms with Crippen LogP contribution in [0.1, 0.15) is 0 Å². The molecule has 2 rings (SSSR count). The van der Waals surface area contributed by atoms with Gasteiger partial charge in [0.1, 0.15) is 42.2 Å². The van der Waals surface area contributed by atoms with Gasteiger partial charge in [0, 0.05) is 0 Å². The molecular formula is C10H18O8. The van der Waals surface area contributed by atoms with E-state index < -0.39 is 48.8 Å². The van der Waals surface area contributed by atoms with Gasteiger partial charge in [-0.05, 0) is 0 Å². The Balaban J connectivity index is 2.23. The van der Waals surface area contributed by atoms with E-state index >= 15 is 0 Å². The molecule has 0 bridgehead atoms. The topological polar surface area (TPSA) is 140 Å². The number of rotatable bonds is 2. The Hall–Kier alpha value is -0.320. The first-order valence-electron chi connectivity index (χ1n) is 5.71. The first-order valence-corrected chi connectivity index (χ1v) is 5.71. The highest BCUT2D eigenvalue weighted by Gasteiger charge is 2.60. The molecule has 8 nitrogen and oxygen atoms in total. The maximum Gasteiger partial charge on any atom is 0.150 e. The lowest BCUT2D eigenvalue weighted by Gasteiger charge is -2.44. The average Bonchev–Trinajstić information content (AvgIpc) is 2.63. The SMILES string of the molecule is OC[C@H]1OC[C@@H](O)[C@@]1(O)[C@@H]1OC[C@@H](O)[C@@H](O)[C@@H]1O. The van der Waals surface area contributed by atoms with Gasteiger partial charge in [0.15, 0.2) is 0 Å². The van der Waals surface area contributed by atoms with E-state index in [1.54, 1.807) is 0 Å². The Kier molecular flexibility index (Phi) is 3.90. The molecule has 0 aliphatic carbocycles. The van der Waals surface area contributed by atoms with Crippen LogP contribution in [0.3, 0.4) is 0 Å². The zero-order valence-corrected chi connectivity index (χ0v) is 9.59. The average molecular weight is 266 g/mol. The Morgan fingerprint density at radius 2 is 1.67 bits per heavy atom. The molecule has 2 aliphatic heterocycles. The van der Waals surface area contributed by atoms with Crippen molar-refractivity contribution in [2.75, 3.05) is 19.8 Å². The zero-order chi connectivity index (χ0) is 13.5. The van der Waals surface area contributed by atoms with Crippen LogP contribution in [0.5, 0.6) is 0 Å². The largest absolute Gasteiger partial charge is 0.394 e. The molecule has 2 saturated heterocycles. The second-order valence-corrected chi connectivity index (χ2v) is 4.71. The first kappa shape index (κ1) is 14.1. The van der Waals surface area contributed by atoms with Gasteiger partial charge in [0.25, 0.3) is 0 Å². The number of hydrogen-bond donors (Lipinski definition) is 6. The second-order valence-electron chi connectivity index (χ2n) is 4.71. The molecule has 0 unspecified atom stereocenters. The standard InChI is InChI=1S/C10H18O8/c11-1-6-10(16,5(13)3-17-6)9-8(15)7(14)4(12)2-18-9/h4-9,11-16H,1-3H2/t4-,5-,6-,7-,8+,9-,10+/m1/s1. The third-order valence-corrected chi connectivity index (χ3v) is 3.63. The summed E-state index contributed by atoms with van der Waals surface area (Å²) in [7, 11) is 0. The minimum Gasteiger partial charge on any atom is -0.394 e. The fraction of sp³-hybridized carbons (Fsp3) is 1.00. The molecule has 106 valence electrons. The van der Waals surface area contributed by atoms with Crippen LogP contribution in [0.25, 0.3) is 0 Å². The summed E-state index contributed by atoms with van der Waals surface area (Å²) >= 11 is 0. The maximum absolute atomic E-state index is 10.4. The molecule has 2 aliphatic rings. The van der Waals surface area contributed by atoms with Crippen molar-refractivity contribution in [3.05, 3.63) is 0 Å². The van der Waals surface area contributed by atoms with E-state index in [4.69, 9.17) is 14.6 Å². The molecule has 7 atom stereocenters. The predicted molar refractivity (Wildman–Crippen MR) is 55.5 cm³/mol. The van der Waals surface area contributed by atoms with Crippen LogP contribution in [0.15, 0.2) is 0 Å². The molecule has 0 aromatic rings. The highest BCUT2D eigenvalue weighted by Crippen LogP contribution is 2.35. The van der Waals surface area contributed by atoms with Crippen molar-refractivity contribution in [1.29, 1.82) is 0 Å². The molecule has 0 saturated carbocycles. The Labute approximate surface area is 103 Å². The minimum atomic E-state index is -2.03. The fourth-order valence-electron chi connectivity index (χ4n) is 2.47. The lowest BCUT2D eigenvalue weighted by Crippen LogP contribution is -2.67. The van der Waals surface area contributed by atoms with Gasteiger partial charge < -0.3 is 40.1 Å². The van der Waals surface area contributed by atoms with Crippen LogP contribution in [0.4, 0.5) is 0 Å². The summed E-state index contributed by atoms with van der Waals surface area (Å²) in [5.41, 5.74) is -2.03. The van der Waals surface area contributed by atoms with Crippen LogP contribution >= 0.6 is 0 Å². The van der Waals surface area contributed by atoms with Crippen LogP contribution in [0, 0.1) is 0 Å². The molecule has 6 N–H and O–H groups in total. The number of ether oxygens (including phenoxy) is 2. The highest BCUT2D eigenvalue weighted by atomic mass is 16.6. The molecule has 2 heterocycles. The van der Waals surface area contributed by atoms with Gasteiger partial charge in [0.05, 0.1) is 19.8 Å². The predicted octanol–water partition coefficient (Wildman–Crippen LogP) is -4.05. The molecule has 18 heavy (non-hydrogen) atoms. The zero-order valence-electron chi connectivity index (χ0n) is 9.59. The summed E-state index contributed by atoms with van der Waals surface area (Å²) in [4.78, 5) is 0. The molecule has 0 spiro atoms. The van der Waals surface area contributed by atoms with Gasteiger partial charge in [-0.3, -0.25) is 0 Å². The van der Waals surface area contributed by atoms with Gasteiger partial charge in [-0.15, -0.1) is 0 Å². The second kappa shape index (κ2) is 4.99. The minimum absolute atomic E-state index is 0.215. The molecule has 0 amide bonds. The normalized spacial score (nSPS) is 53.7. The van der Waals surface area contributed by atoms with Gasteiger partial charge in [-0.25, -0.2) is 0 Å². The summed E-state index contributed by atoms with van der Waals surface area (Å²) in [5, 5.41) is 58.0. The van der Waals surface area contributed by atoms with Crippen LogP contribution in [-0.4, -0.2) is 92.7 Å². The van der Waals surface area contributed by atoms with E-state index in [1.165, 1.54) is 0 Å². The van der Waals surface area contributed by atoms with Crippen molar-refractivity contribution in [3.8, 4) is 0 Å². The lowest BCUT2D eigenvalue weighted by molar-refractivity contribution is -0.260. The van der Waals surface area contributed by atoms with Crippen molar-refractivity contribution in [2.24, 2.45) is 0 Å². The number of aliphatic hydroxyl groups is 6. The van der Waals surface area contributed by atoms with E-state index in [0.29, 0.717) is 0 Å². The van der Waals surface area contributed by atoms with Crippen molar-refractivity contribution >= 4 is 0 Å². The molecule has 0 aromatic heterocycles. The number of hydrogen-bond acceptors (Lipinski definition) is 8. The van der Waals surface area contributed by atoms with Gasteiger partial charge in [0.2, 0.25) is 0 Å². The van der Waals surface area contributed by atoms with Crippen molar-refractivity contribution < 1.29 is 40.1 Å². The summed E-state index contributed by atoms with van der Waals surface area (Å²) in [6.45, 7) is -1.08. The molecule has 0 radical (unpaired) electrons. The maximum atomic E-state index is 10.4. The van der Waals surface area contributed by atoms with Crippen LogP contribution < -0.4 is 0 Å². The molecule has 0 aromatic carbocycles. The smallest absolute Gasteiger partial charge is 0.150 e. The van der Waals surface area contributed by atoms with E-state index in [-0.39, 0.29) is 13.2 Å². The van der Waals surface area contributed by atoms with Gasteiger partial charge >= 0.3 is 0 Å². The van der Waals surface area contributed by atoms with Crippen molar-refractivity contribution in [1.82, 2.24) is 0 Å². The third kappa shape index (κ3) is 1.95. The van der Waals surface area contributed by atoms with Gasteiger partial charge in [-0.2, -0.15) is 0 Å². The third-order valence-electron chi connectivity index (χ3n) is 3.63. The lowest BCUT2D eigenvalue weighted by atomic mass is 9.81. The quantitative estimate of drug-likeness (QED) is 0.297. The van der Waals surface area contributed by atoms with Crippen LogP contribution in [-0.2, 0) is 9.47 Å². The fourth-order valence-corrected chi connectivity index (χ4v) is 2.47. The highest BCUT2D eigenvalue weighted by molar-refractivity contribution is 5.09. The van der Waals surface area contributed by atoms with Crippen molar-refractivity contribution in [2.45, 2.75) is 42.2 Å². The van der Waals surface area contributed by atoms with Crippen LogP contribution in [0.2, 0.25) is 0 Å². The molecule has 8 heteroatoms. The summed E-state index contributed by atoms with van der Waals surface area (Å²) < 4.78 is 10.1. The summed E-state index contributed by atoms with van der Waals surface area (Å²) in [5.74, 6) is 0. The van der Waals surface area contributed by atoms with Crippen molar-refractivity contribution in [3.63, 3.8) is 0 Å². The Morgan fingerprint density at radius 1 is 1.00 bits per heavy atom. The number of aliphatic hydroxyl groups excluding tert-OH is 5. The summed E-state index contributed by atoms with van der Waals surface area (Å²) in [6, 6.07) is 0. The van der Waals surface area contributed by atoms with E-state index in [9.17, 15) is 25.5 Å².